The van der Waals surface area contributed by atoms with Crippen LogP contribution in [0.2, 0.25) is 0 Å². The number of hydrogen-bond acceptors (Lipinski definition) is 7. The number of carbonyl (C=O) groups excluding carboxylic acids is 1. The van der Waals surface area contributed by atoms with E-state index in [1.807, 2.05) is 30.0 Å². The van der Waals surface area contributed by atoms with E-state index in [1.165, 1.54) is 0 Å². The SMILES string of the molecule is COc1ccc(Br)c(C(=O)N2CCN(c3nc(C)cc(N4CCOCC4)n3)CC2)c1. The zero-order valence-electron chi connectivity index (χ0n) is 17.3. The molecule has 9 heteroatoms. The summed E-state index contributed by atoms with van der Waals surface area (Å²) in [4.78, 5) is 28.7. The molecule has 0 aliphatic carbocycles. The molecule has 2 aliphatic rings. The summed E-state index contributed by atoms with van der Waals surface area (Å²) in [7, 11) is 1.60. The number of aromatic nitrogens is 2. The first-order chi connectivity index (χ1) is 14.5. The van der Waals surface area contributed by atoms with Crippen LogP contribution in [0.3, 0.4) is 0 Å². The number of rotatable bonds is 4. The predicted octanol–water partition coefficient (Wildman–Crippen LogP) is 2.36. The Bertz CT molecular complexity index is 912. The molecule has 2 aromatic rings. The van der Waals surface area contributed by atoms with Crippen LogP contribution < -0.4 is 14.5 Å². The fourth-order valence-electron chi connectivity index (χ4n) is 3.71. The number of piperazine rings is 1. The molecule has 2 fully saturated rings. The number of benzene rings is 1. The van der Waals surface area contributed by atoms with Crippen LogP contribution in [0, 0.1) is 6.92 Å². The van der Waals surface area contributed by atoms with Crippen LogP contribution in [0.25, 0.3) is 0 Å². The molecule has 0 atom stereocenters. The molecule has 0 bridgehead atoms. The summed E-state index contributed by atoms with van der Waals surface area (Å²) < 4.78 is 11.5. The summed E-state index contributed by atoms with van der Waals surface area (Å²) in [5, 5.41) is 0. The molecule has 30 heavy (non-hydrogen) atoms. The number of nitrogens with zero attached hydrogens (tertiary/aromatic N) is 5. The molecule has 0 N–H and O–H groups in total. The Hall–Kier alpha value is -2.39. The zero-order chi connectivity index (χ0) is 21.1. The minimum Gasteiger partial charge on any atom is -0.497 e. The number of aryl methyl sites for hydroxylation is 1. The summed E-state index contributed by atoms with van der Waals surface area (Å²) in [5.74, 6) is 2.34. The highest BCUT2D eigenvalue weighted by atomic mass is 79.9. The fraction of sp³-hybridized carbons (Fsp3) is 0.476. The van der Waals surface area contributed by atoms with E-state index in [9.17, 15) is 4.79 Å². The van der Waals surface area contributed by atoms with E-state index in [4.69, 9.17) is 14.5 Å². The third kappa shape index (κ3) is 4.52. The number of methoxy groups -OCH3 is 1. The number of carbonyl (C=O) groups is 1. The normalized spacial score (nSPS) is 17.2. The molecule has 2 saturated heterocycles. The molecule has 3 heterocycles. The number of amides is 1. The van der Waals surface area contributed by atoms with E-state index in [0.29, 0.717) is 37.5 Å². The highest BCUT2D eigenvalue weighted by Gasteiger charge is 2.26. The van der Waals surface area contributed by atoms with Crippen LogP contribution in [-0.2, 0) is 4.74 Å². The van der Waals surface area contributed by atoms with Gasteiger partial charge in [0, 0.05) is 55.5 Å². The van der Waals surface area contributed by atoms with Gasteiger partial charge in [0.05, 0.1) is 25.9 Å². The van der Waals surface area contributed by atoms with Crippen LogP contribution in [0.15, 0.2) is 28.7 Å². The molecule has 8 nitrogen and oxygen atoms in total. The number of anilines is 2. The van der Waals surface area contributed by atoms with Crippen molar-refractivity contribution in [1.29, 1.82) is 0 Å². The van der Waals surface area contributed by atoms with Crippen LogP contribution >= 0.6 is 15.9 Å². The van der Waals surface area contributed by atoms with E-state index in [0.717, 1.165) is 48.2 Å². The Morgan fingerprint density at radius 1 is 1.03 bits per heavy atom. The van der Waals surface area contributed by atoms with Crippen molar-refractivity contribution in [3.63, 3.8) is 0 Å². The average molecular weight is 476 g/mol. The van der Waals surface area contributed by atoms with Gasteiger partial charge >= 0.3 is 0 Å². The lowest BCUT2D eigenvalue weighted by molar-refractivity contribution is 0.0745. The highest BCUT2D eigenvalue weighted by molar-refractivity contribution is 9.10. The maximum Gasteiger partial charge on any atom is 0.255 e. The third-order valence-corrected chi connectivity index (χ3v) is 6.11. The molecule has 160 valence electrons. The number of hydrogen-bond donors (Lipinski definition) is 0. The van der Waals surface area contributed by atoms with Crippen LogP contribution in [0.4, 0.5) is 11.8 Å². The molecule has 4 rings (SSSR count). The third-order valence-electron chi connectivity index (χ3n) is 5.42. The largest absolute Gasteiger partial charge is 0.497 e. The standard InChI is InChI=1S/C21H26BrN5O3/c1-15-13-19(25-9-11-30-12-10-25)24-21(23-15)27-7-5-26(6-8-27)20(28)17-14-16(29-2)3-4-18(17)22/h3-4,13-14H,5-12H2,1-2H3. The summed E-state index contributed by atoms with van der Waals surface area (Å²) >= 11 is 3.48. The van der Waals surface area contributed by atoms with E-state index >= 15 is 0 Å². The van der Waals surface area contributed by atoms with Crippen molar-refractivity contribution >= 4 is 33.6 Å². The van der Waals surface area contributed by atoms with Crippen molar-refractivity contribution in [3.05, 3.63) is 40.0 Å². The minimum atomic E-state index is -0.000378. The quantitative estimate of drug-likeness (QED) is 0.671. The van der Waals surface area contributed by atoms with Gasteiger partial charge in [-0.1, -0.05) is 0 Å². The van der Waals surface area contributed by atoms with Crippen molar-refractivity contribution in [1.82, 2.24) is 14.9 Å². The molecule has 1 aromatic carbocycles. The smallest absolute Gasteiger partial charge is 0.255 e. The first kappa shape index (κ1) is 20.9. The van der Waals surface area contributed by atoms with Gasteiger partial charge in [-0.15, -0.1) is 0 Å². The number of morpholine rings is 1. The van der Waals surface area contributed by atoms with Gasteiger partial charge in [0.25, 0.3) is 5.91 Å². The van der Waals surface area contributed by atoms with Crippen LogP contribution in [0.1, 0.15) is 16.1 Å². The first-order valence-corrected chi connectivity index (χ1v) is 10.9. The highest BCUT2D eigenvalue weighted by Crippen LogP contribution is 2.25. The number of halogens is 1. The van der Waals surface area contributed by atoms with Crippen molar-refractivity contribution in [2.24, 2.45) is 0 Å². The molecule has 0 spiro atoms. The first-order valence-electron chi connectivity index (χ1n) is 10.1. The minimum absolute atomic E-state index is 0.000378. The van der Waals surface area contributed by atoms with Gasteiger partial charge in [-0.2, -0.15) is 4.98 Å². The fourth-order valence-corrected chi connectivity index (χ4v) is 4.12. The Morgan fingerprint density at radius 2 is 1.77 bits per heavy atom. The second-order valence-electron chi connectivity index (χ2n) is 7.39. The van der Waals surface area contributed by atoms with Gasteiger partial charge in [0.1, 0.15) is 11.6 Å². The Kier molecular flexibility index (Phi) is 6.38. The molecule has 1 aromatic heterocycles. The Labute approximate surface area is 184 Å². The molecular weight excluding hydrogens is 450 g/mol. The maximum absolute atomic E-state index is 13.0. The second-order valence-corrected chi connectivity index (χ2v) is 8.25. The molecule has 2 aliphatic heterocycles. The van der Waals surface area contributed by atoms with Gasteiger partial charge in [0.2, 0.25) is 5.95 Å². The van der Waals surface area contributed by atoms with Crippen molar-refractivity contribution in [2.75, 3.05) is 69.4 Å². The van der Waals surface area contributed by atoms with Crippen LogP contribution in [0.5, 0.6) is 5.75 Å². The van der Waals surface area contributed by atoms with E-state index in [-0.39, 0.29) is 5.91 Å². The lowest BCUT2D eigenvalue weighted by atomic mass is 10.1. The molecule has 0 unspecified atom stereocenters. The molecule has 0 radical (unpaired) electrons. The molecule has 0 saturated carbocycles. The summed E-state index contributed by atoms with van der Waals surface area (Å²) in [6.45, 7) is 7.74. The number of ether oxygens (including phenoxy) is 2. The summed E-state index contributed by atoms with van der Waals surface area (Å²) in [5.41, 5.74) is 1.56. The summed E-state index contributed by atoms with van der Waals surface area (Å²) in [6, 6.07) is 7.47. The average Bonchev–Trinajstić information content (AvgIpc) is 2.79. The topological polar surface area (TPSA) is 71.0 Å². The van der Waals surface area contributed by atoms with E-state index in [2.05, 4.69) is 30.7 Å². The van der Waals surface area contributed by atoms with Crippen molar-refractivity contribution in [3.8, 4) is 5.75 Å². The van der Waals surface area contributed by atoms with E-state index < -0.39 is 0 Å². The lowest BCUT2D eigenvalue weighted by Crippen LogP contribution is -2.49. The van der Waals surface area contributed by atoms with Gasteiger partial charge in [-0.3, -0.25) is 4.79 Å². The molecule has 1 amide bonds. The zero-order valence-corrected chi connectivity index (χ0v) is 18.9. The Morgan fingerprint density at radius 3 is 2.47 bits per heavy atom. The molecular formula is C21H26BrN5O3. The van der Waals surface area contributed by atoms with Crippen molar-refractivity contribution in [2.45, 2.75) is 6.92 Å². The van der Waals surface area contributed by atoms with E-state index in [1.54, 1.807) is 13.2 Å². The monoisotopic (exact) mass is 475 g/mol. The maximum atomic E-state index is 13.0. The lowest BCUT2D eigenvalue weighted by Gasteiger charge is -2.35. The van der Waals surface area contributed by atoms with Gasteiger partial charge in [-0.05, 0) is 41.1 Å². The Balaban J connectivity index is 1.44. The van der Waals surface area contributed by atoms with Gasteiger partial charge in [-0.25, -0.2) is 4.98 Å². The second kappa shape index (κ2) is 9.18. The van der Waals surface area contributed by atoms with Crippen molar-refractivity contribution < 1.29 is 14.3 Å². The predicted molar refractivity (Wildman–Crippen MR) is 119 cm³/mol. The van der Waals surface area contributed by atoms with Gasteiger partial charge in [0.15, 0.2) is 0 Å². The summed E-state index contributed by atoms with van der Waals surface area (Å²) in [6.07, 6.45) is 0. The van der Waals surface area contributed by atoms with Crippen LogP contribution in [-0.4, -0.2) is 80.4 Å². The van der Waals surface area contributed by atoms with Gasteiger partial charge < -0.3 is 24.2 Å².